The number of carbonyl (C=O) groups excluding carboxylic acids is 1. The highest BCUT2D eigenvalue weighted by Gasteiger charge is 2.48. The number of hydrogen-bond acceptors (Lipinski definition) is 8. The van der Waals surface area contributed by atoms with Crippen LogP contribution in [0.5, 0.6) is 0 Å². The molecule has 4 aromatic rings. The average molecular weight is 540 g/mol. The van der Waals surface area contributed by atoms with Gasteiger partial charge in [0.05, 0.1) is 46.4 Å². The number of benzene rings is 1. The van der Waals surface area contributed by atoms with E-state index >= 15 is 4.39 Å². The lowest BCUT2D eigenvalue weighted by molar-refractivity contribution is -0.130. The fraction of sp³-hybridized carbons (Fsp3) is 0.250. The first-order chi connectivity index (χ1) is 18.4. The van der Waals surface area contributed by atoms with E-state index in [1.54, 1.807) is 18.1 Å². The normalized spacial score (nSPS) is 21.1. The number of imidazole rings is 1. The Bertz CT molecular complexity index is 1570. The SMILES string of the molecule is CO[C@@H]1C[C@@H](c2ncc(-c3ccc(N)nc3F)[nH]2)N2C(=O)C=C(c3c(-n4cnnn4)ccc(Cl)c3F)CC12. The first-order valence-electron chi connectivity index (χ1n) is 11.6. The van der Waals surface area contributed by atoms with Crippen LogP contribution in [-0.4, -0.2) is 65.2 Å². The number of nitrogens with two attached hydrogens (primary N) is 1. The van der Waals surface area contributed by atoms with Gasteiger partial charge in [-0.25, -0.2) is 14.4 Å². The summed E-state index contributed by atoms with van der Waals surface area (Å²) in [5.41, 5.74) is 7.09. The highest BCUT2D eigenvalue weighted by molar-refractivity contribution is 6.31. The van der Waals surface area contributed by atoms with Crippen molar-refractivity contribution < 1.29 is 18.3 Å². The Kier molecular flexibility index (Phi) is 5.88. The van der Waals surface area contributed by atoms with Crippen molar-refractivity contribution in [2.24, 2.45) is 0 Å². The number of fused-ring (bicyclic) bond motifs is 1. The molecule has 3 atom stereocenters. The van der Waals surface area contributed by atoms with Crippen molar-refractivity contribution in [3.05, 3.63) is 71.0 Å². The summed E-state index contributed by atoms with van der Waals surface area (Å²) in [6.45, 7) is 0. The van der Waals surface area contributed by atoms with Crippen LogP contribution in [0.1, 0.15) is 30.3 Å². The monoisotopic (exact) mass is 539 g/mol. The number of aromatic nitrogens is 7. The Labute approximate surface area is 219 Å². The molecule has 3 N–H and O–H groups in total. The predicted molar refractivity (Wildman–Crippen MR) is 132 cm³/mol. The molecule has 1 fully saturated rings. The van der Waals surface area contributed by atoms with Crippen LogP contribution < -0.4 is 5.73 Å². The molecule has 2 aliphatic heterocycles. The molecule has 14 heteroatoms. The number of nitrogen functional groups attached to an aromatic ring is 1. The molecule has 0 radical (unpaired) electrons. The highest BCUT2D eigenvalue weighted by atomic mass is 35.5. The summed E-state index contributed by atoms with van der Waals surface area (Å²) in [7, 11) is 1.56. The van der Waals surface area contributed by atoms with Gasteiger partial charge in [-0.05, 0) is 46.7 Å². The third-order valence-electron chi connectivity index (χ3n) is 6.92. The third kappa shape index (κ3) is 3.90. The molecule has 0 bridgehead atoms. The van der Waals surface area contributed by atoms with Gasteiger partial charge in [-0.2, -0.15) is 9.07 Å². The number of tetrazole rings is 1. The number of nitrogens with zero attached hydrogens (tertiary/aromatic N) is 7. The van der Waals surface area contributed by atoms with Crippen molar-refractivity contribution in [1.82, 2.24) is 40.1 Å². The number of aromatic amines is 1. The van der Waals surface area contributed by atoms with Crippen molar-refractivity contribution in [2.45, 2.75) is 31.0 Å². The first-order valence-corrected chi connectivity index (χ1v) is 12.0. The van der Waals surface area contributed by atoms with Gasteiger partial charge >= 0.3 is 0 Å². The fourth-order valence-electron chi connectivity index (χ4n) is 5.23. The summed E-state index contributed by atoms with van der Waals surface area (Å²) in [5, 5.41) is 11.0. The van der Waals surface area contributed by atoms with Gasteiger partial charge in [0.2, 0.25) is 11.9 Å². The molecule has 1 saturated heterocycles. The van der Waals surface area contributed by atoms with Gasteiger partial charge in [-0.15, -0.1) is 5.10 Å². The number of halogens is 3. The van der Waals surface area contributed by atoms with Gasteiger partial charge in [0.25, 0.3) is 0 Å². The van der Waals surface area contributed by atoms with Gasteiger partial charge in [-0.3, -0.25) is 4.79 Å². The van der Waals surface area contributed by atoms with Crippen LogP contribution in [0.3, 0.4) is 0 Å². The maximum absolute atomic E-state index is 15.4. The zero-order chi connectivity index (χ0) is 26.6. The average Bonchev–Trinajstić information content (AvgIpc) is 3.65. The maximum atomic E-state index is 15.4. The minimum atomic E-state index is -0.733. The zero-order valence-electron chi connectivity index (χ0n) is 19.8. The molecule has 194 valence electrons. The van der Waals surface area contributed by atoms with E-state index in [4.69, 9.17) is 22.1 Å². The van der Waals surface area contributed by atoms with E-state index in [0.29, 0.717) is 29.2 Å². The van der Waals surface area contributed by atoms with Crippen LogP contribution in [-0.2, 0) is 9.53 Å². The van der Waals surface area contributed by atoms with Crippen LogP contribution >= 0.6 is 11.6 Å². The van der Waals surface area contributed by atoms with Crippen molar-refractivity contribution in [3.63, 3.8) is 0 Å². The zero-order valence-corrected chi connectivity index (χ0v) is 20.6. The number of amides is 1. The van der Waals surface area contributed by atoms with Crippen LogP contribution in [0.2, 0.25) is 5.02 Å². The molecule has 1 aromatic carbocycles. The van der Waals surface area contributed by atoms with E-state index in [1.165, 1.54) is 41.5 Å². The minimum Gasteiger partial charge on any atom is -0.384 e. The van der Waals surface area contributed by atoms with Crippen molar-refractivity contribution in [1.29, 1.82) is 0 Å². The van der Waals surface area contributed by atoms with Crippen molar-refractivity contribution >= 4 is 28.9 Å². The van der Waals surface area contributed by atoms with Gasteiger partial charge in [0, 0.05) is 25.2 Å². The molecule has 11 nitrogen and oxygen atoms in total. The number of anilines is 1. The van der Waals surface area contributed by atoms with E-state index in [-0.39, 0.29) is 40.4 Å². The highest BCUT2D eigenvalue weighted by Crippen LogP contribution is 2.45. The second-order valence-electron chi connectivity index (χ2n) is 8.98. The molecular weight excluding hydrogens is 520 g/mol. The Morgan fingerprint density at radius 2 is 2.08 bits per heavy atom. The summed E-state index contributed by atoms with van der Waals surface area (Å²) in [6.07, 6.45) is 4.56. The molecule has 0 aliphatic carbocycles. The Hall–Kier alpha value is -4.23. The molecule has 0 spiro atoms. The molecule has 1 unspecified atom stereocenters. The lowest BCUT2D eigenvalue weighted by atomic mass is 9.91. The Morgan fingerprint density at radius 3 is 2.82 bits per heavy atom. The second kappa shape index (κ2) is 9.26. The molecule has 2 aliphatic rings. The van der Waals surface area contributed by atoms with E-state index < -0.39 is 23.8 Å². The van der Waals surface area contributed by atoms with Crippen LogP contribution in [0.25, 0.3) is 22.5 Å². The lowest BCUT2D eigenvalue weighted by Gasteiger charge is -2.34. The van der Waals surface area contributed by atoms with Gasteiger partial charge < -0.3 is 20.4 Å². The summed E-state index contributed by atoms with van der Waals surface area (Å²) in [6, 6.07) is 5.11. The van der Waals surface area contributed by atoms with E-state index in [2.05, 4.69) is 30.5 Å². The molecule has 6 rings (SSSR count). The summed E-state index contributed by atoms with van der Waals surface area (Å²) < 4.78 is 36.8. The van der Waals surface area contributed by atoms with Crippen molar-refractivity contribution in [2.75, 3.05) is 12.8 Å². The molecule has 5 heterocycles. The topological polar surface area (TPSA) is 141 Å². The number of nitrogens with one attached hydrogen (secondary N) is 1. The third-order valence-corrected chi connectivity index (χ3v) is 7.22. The number of hydrogen-bond donors (Lipinski definition) is 2. The van der Waals surface area contributed by atoms with E-state index in [0.717, 1.165) is 0 Å². The number of pyridine rings is 1. The first kappa shape index (κ1) is 24.1. The lowest BCUT2D eigenvalue weighted by Crippen LogP contribution is -2.43. The minimum absolute atomic E-state index is 0.0634. The van der Waals surface area contributed by atoms with Gasteiger partial charge in [0.15, 0.2) is 5.82 Å². The number of carbonyl (C=O) groups is 1. The summed E-state index contributed by atoms with van der Waals surface area (Å²) >= 11 is 6.11. The Morgan fingerprint density at radius 1 is 1.24 bits per heavy atom. The molecule has 3 aromatic heterocycles. The molecule has 0 saturated carbocycles. The van der Waals surface area contributed by atoms with Crippen molar-refractivity contribution in [3.8, 4) is 16.9 Å². The van der Waals surface area contributed by atoms with Gasteiger partial charge in [0.1, 0.15) is 18.0 Å². The second-order valence-corrected chi connectivity index (χ2v) is 9.39. The molecule has 38 heavy (non-hydrogen) atoms. The standard InChI is InChI=1S/C24H20ClF2N9O2/c1-38-18-8-17(24-29-9-14(31-24)12-2-5-19(28)32-23(12)27)36-16(18)6-11(7-20(36)37)21-15(35-10-30-33-34-35)4-3-13(25)22(21)26/h2-5,7,9-10,16-18H,6,8H2,1H3,(H2,28,32)(H,29,31)/t16?,17-,18+/m0/s1. The maximum Gasteiger partial charge on any atom is 0.247 e. The van der Waals surface area contributed by atoms with Crippen LogP contribution in [0.4, 0.5) is 14.6 Å². The van der Waals surface area contributed by atoms with Gasteiger partial charge in [-0.1, -0.05) is 11.6 Å². The molecular formula is C24H20ClF2N9O2. The summed E-state index contributed by atoms with van der Waals surface area (Å²) in [5.74, 6) is -1.22. The largest absolute Gasteiger partial charge is 0.384 e. The van der Waals surface area contributed by atoms with Crippen LogP contribution in [0, 0.1) is 11.8 Å². The Balaban J connectivity index is 1.37. The fourth-order valence-corrected chi connectivity index (χ4v) is 5.38. The number of H-pyrrole nitrogens is 1. The van der Waals surface area contributed by atoms with E-state index in [1.807, 2.05) is 0 Å². The number of rotatable bonds is 5. The predicted octanol–water partition coefficient (Wildman–Crippen LogP) is 3.11. The van der Waals surface area contributed by atoms with E-state index in [9.17, 15) is 9.18 Å². The number of ether oxygens (including phenoxy) is 1. The van der Waals surface area contributed by atoms with Crippen LogP contribution in [0.15, 0.2) is 42.9 Å². The quantitative estimate of drug-likeness (QED) is 0.369. The number of methoxy groups -OCH3 is 1. The molecule has 1 amide bonds. The summed E-state index contributed by atoms with van der Waals surface area (Å²) in [4.78, 5) is 26.4. The smallest absolute Gasteiger partial charge is 0.247 e.